The van der Waals surface area contributed by atoms with Crippen LogP contribution in [0.5, 0.6) is 0 Å². The molecule has 0 amide bonds. The summed E-state index contributed by atoms with van der Waals surface area (Å²) in [6.07, 6.45) is 1.88. The van der Waals surface area contributed by atoms with Gasteiger partial charge in [-0.25, -0.2) is 0 Å². The van der Waals surface area contributed by atoms with Crippen molar-refractivity contribution in [2.45, 2.75) is 0 Å². The monoisotopic (exact) mass is 541 g/mol. The molecule has 3 aromatic heterocycles. The lowest BCUT2D eigenvalue weighted by molar-refractivity contribution is 0.669. The zero-order valence-corrected chi connectivity index (χ0v) is 22.9. The van der Waals surface area contributed by atoms with E-state index in [0.29, 0.717) is 0 Å². The van der Waals surface area contributed by atoms with Crippen molar-refractivity contribution >= 4 is 81.3 Å². The summed E-state index contributed by atoms with van der Waals surface area (Å²) in [5.74, 6) is 0. The summed E-state index contributed by atoms with van der Waals surface area (Å²) < 4.78 is 11.3. The highest BCUT2D eigenvalue weighted by atomic mass is 32.1. The molecule has 0 unspecified atom stereocenters. The fourth-order valence-electron chi connectivity index (χ4n) is 6.50. The average molecular weight is 542 g/mol. The Labute approximate surface area is 240 Å². The van der Waals surface area contributed by atoms with Gasteiger partial charge in [-0.3, -0.25) is 0 Å². The standard InChI is InChI=1S/C38H23NOS/c1-2-23-15-19-34-29(21-23)30-22-24(16-20-35(30)40-34)25-9-3-6-12-31(25)39-32-13-7-4-11-28(32)37-33(39)18-17-27-26-10-5-8-14-36(26)41-38(27)37/h2-22H,1H2. The number of thiophene rings is 1. The third-order valence-corrected chi connectivity index (χ3v) is 9.57. The van der Waals surface area contributed by atoms with E-state index >= 15 is 0 Å². The fraction of sp³-hybridized carbons (Fsp3) is 0. The van der Waals surface area contributed by atoms with E-state index in [1.807, 2.05) is 29.5 Å². The summed E-state index contributed by atoms with van der Waals surface area (Å²) in [5.41, 5.74) is 8.82. The lowest BCUT2D eigenvalue weighted by atomic mass is 10.0. The van der Waals surface area contributed by atoms with E-state index in [1.54, 1.807) is 0 Å². The molecular weight excluding hydrogens is 518 g/mol. The molecule has 192 valence electrons. The fourth-order valence-corrected chi connectivity index (χ4v) is 7.76. The molecule has 41 heavy (non-hydrogen) atoms. The van der Waals surface area contributed by atoms with Gasteiger partial charge in [0.1, 0.15) is 11.2 Å². The maximum Gasteiger partial charge on any atom is 0.135 e. The minimum Gasteiger partial charge on any atom is -0.456 e. The van der Waals surface area contributed by atoms with Gasteiger partial charge in [0.05, 0.1) is 16.7 Å². The molecule has 0 saturated heterocycles. The Bertz CT molecular complexity index is 2500. The molecule has 0 N–H and O–H groups in total. The Morgan fingerprint density at radius 3 is 2.27 bits per heavy atom. The molecule has 0 aliphatic carbocycles. The van der Waals surface area contributed by atoms with Crippen LogP contribution in [0.3, 0.4) is 0 Å². The molecule has 3 heterocycles. The normalized spacial score (nSPS) is 12.0. The van der Waals surface area contributed by atoms with Gasteiger partial charge in [0.15, 0.2) is 0 Å². The first-order valence-corrected chi connectivity index (χ1v) is 14.6. The van der Waals surface area contributed by atoms with Crippen molar-refractivity contribution in [3.8, 4) is 16.8 Å². The smallest absolute Gasteiger partial charge is 0.135 e. The third kappa shape index (κ3) is 3.18. The lowest BCUT2D eigenvalue weighted by Crippen LogP contribution is -1.97. The minimum atomic E-state index is 0.894. The Balaban J connectivity index is 1.35. The molecule has 0 spiro atoms. The van der Waals surface area contributed by atoms with Crippen LogP contribution in [0.1, 0.15) is 5.56 Å². The van der Waals surface area contributed by atoms with Crippen molar-refractivity contribution in [2.75, 3.05) is 0 Å². The number of hydrogen-bond acceptors (Lipinski definition) is 2. The third-order valence-electron chi connectivity index (χ3n) is 8.37. The molecule has 6 aromatic carbocycles. The first-order chi connectivity index (χ1) is 20.3. The van der Waals surface area contributed by atoms with E-state index in [9.17, 15) is 0 Å². The van der Waals surface area contributed by atoms with Crippen LogP contribution in [0, 0.1) is 0 Å². The van der Waals surface area contributed by atoms with Crippen LogP contribution in [0.15, 0.2) is 132 Å². The number of rotatable bonds is 3. The second-order valence-corrected chi connectivity index (χ2v) is 11.6. The zero-order valence-electron chi connectivity index (χ0n) is 22.1. The number of fused-ring (bicyclic) bond motifs is 10. The van der Waals surface area contributed by atoms with Gasteiger partial charge in [0, 0.05) is 47.3 Å². The number of nitrogens with zero attached hydrogens (tertiary/aromatic N) is 1. The molecule has 2 nitrogen and oxygen atoms in total. The summed E-state index contributed by atoms with van der Waals surface area (Å²) in [7, 11) is 0. The number of aromatic nitrogens is 1. The van der Waals surface area contributed by atoms with Gasteiger partial charge in [-0.2, -0.15) is 0 Å². The van der Waals surface area contributed by atoms with Crippen LogP contribution in [0.25, 0.3) is 86.8 Å². The van der Waals surface area contributed by atoms with Crippen LogP contribution < -0.4 is 0 Å². The maximum atomic E-state index is 6.19. The quantitative estimate of drug-likeness (QED) is 0.217. The zero-order chi connectivity index (χ0) is 27.1. The number of hydrogen-bond donors (Lipinski definition) is 0. The van der Waals surface area contributed by atoms with E-state index in [2.05, 4.69) is 120 Å². The average Bonchev–Trinajstić information content (AvgIpc) is 3.69. The first kappa shape index (κ1) is 22.7. The van der Waals surface area contributed by atoms with Gasteiger partial charge >= 0.3 is 0 Å². The first-order valence-electron chi connectivity index (χ1n) is 13.8. The molecule has 0 aliphatic heterocycles. The van der Waals surface area contributed by atoms with E-state index in [0.717, 1.165) is 38.8 Å². The summed E-state index contributed by atoms with van der Waals surface area (Å²) in [4.78, 5) is 0. The van der Waals surface area contributed by atoms with Crippen molar-refractivity contribution in [1.82, 2.24) is 4.57 Å². The van der Waals surface area contributed by atoms with E-state index in [1.165, 1.54) is 47.5 Å². The van der Waals surface area contributed by atoms with Crippen LogP contribution in [0.4, 0.5) is 0 Å². The molecule has 0 fully saturated rings. The van der Waals surface area contributed by atoms with E-state index < -0.39 is 0 Å². The number of benzene rings is 6. The topological polar surface area (TPSA) is 18.1 Å². The summed E-state index contributed by atoms with van der Waals surface area (Å²) in [6.45, 7) is 3.96. The summed E-state index contributed by atoms with van der Waals surface area (Å²) >= 11 is 1.89. The predicted octanol–water partition coefficient (Wildman–Crippen LogP) is 11.4. The van der Waals surface area contributed by atoms with Crippen molar-refractivity contribution in [3.63, 3.8) is 0 Å². The minimum absolute atomic E-state index is 0.894. The molecular formula is C38H23NOS. The molecule has 0 saturated carbocycles. The van der Waals surface area contributed by atoms with Crippen molar-refractivity contribution < 1.29 is 4.42 Å². The Kier molecular flexibility index (Phi) is 4.67. The highest BCUT2D eigenvalue weighted by Crippen LogP contribution is 2.44. The van der Waals surface area contributed by atoms with Crippen LogP contribution in [-0.4, -0.2) is 4.57 Å². The summed E-state index contributed by atoms with van der Waals surface area (Å²) in [5, 5.41) is 7.48. The van der Waals surface area contributed by atoms with Crippen LogP contribution in [-0.2, 0) is 0 Å². The van der Waals surface area contributed by atoms with E-state index in [-0.39, 0.29) is 0 Å². The van der Waals surface area contributed by atoms with Gasteiger partial charge in [-0.15, -0.1) is 11.3 Å². The Hall–Kier alpha value is -5.12. The van der Waals surface area contributed by atoms with Crippen LogP contribution in [0.2, 0.25) is 0 Å². The summed E-state index contributed by atoms with van der Waals surface area (Å²) in [6, 6.07) is 43.7. The number of furan rings is 1. The van der Waals surface area contributed by atoms with E-state index in [4.69, 9.17) is 4.42 Å². The van der Waals surface area contributed by atoms with Crippen LogP contribution >= 0.6 is 11.3 Å². The molecule has 0 aliphatic rings. The van der Waals surface area contributed by atoms with Gasteiger partial charge in [-0.1, -0.05) is 85.5 Å². The molecule has 9 rings (SSSR count). The second kappa shape index (κ2) is 8.44. The molecule has 0 atom stereocenters. The van der Waals surface area contributed by atoms with Gasteiger partial charge in [0.2, 0.25) is 0 Å². The van der Waals surface area contributed by atoms with Crippen molar-refractivity contribution in [1.29, 1.82) is 0 Å². The number of para-hydroxylation sites is 2. The Morgan fingerprint density at radius 2 is 1.37 bits per heavy atom. The molecule has 3 heteroatoms. The highest BCUT2D eigenvalue weighted by Gasteiger charge is 2.19. The van der Waals surface area contributed by atoms with Crippen molar-refractivity contribution in [3.05, 3.63) is 133 Å². The lowest BCUT2D eigenvalue weighted by Gasteiger charge is -2.14. The van der Waals surface area contributed by atoms with Gasteiger partial charge in [-0.05, 0) is 59.7 Å². The molecule has 9 aromatic rings. The maximum absolute atomic E-state index is 6.19. The highest BCUT2D eigenvalue weighted by molar-refractivity contribution is 7.26. The predicted molar refractivity (Wildman–Crippen MR) is 176 cm³/mol. The largest absolute Gasteiger partial charge is 0.456 e. The Morgan fingerprint density at radius 1 is 0.610 bits per heavy atom. The SMILES string of the molecule is C=Cc1ccc2oc3ccc(-c4ccccc4-n4c5ccccc5c5c6sc7ccccc7c6ccc54)cc3c2c1. The molecule has 0 radical (unpaired) electrons. The second-order valence-electron chi connectivity index (χ2n) is 10.6. The van der Waals surface area contributed by atoms with Gasteiger partial charge < -0.3 is 8.98 Å². The molecule has 0 bridgehead atoms. The van der Waals surface area contributed by atoms with Crippen molar-refractivity contribution in [2.24, 2.45) is 0 Å². The van der Waals surface area contributed by atoms with Gasteiger partial charge in [0.25, 0.3) is 0 Å².